The van der Waals surface area contributed by atoms with Gasteiger partial charge in [0.25, 0.3) is 0 Å². The van der Waals surface area contributed by atoms with E-state index in [0.717, 1.165) is 12.8 Å². The fourth-order valence-corrected chi connectivity index (χ4v) is 1.95. The van der Waals surface area contributed by atoms with Crippen molar-refractivity contribution in [2.24, 2.45) is 0 Å². The number of aromatic nitrogens is 1. The third kappa shape index (κ3) is 2.67. The molecule has 1 fully saturated rings. The molecule has 7 heteroatoms. The minimum absolute atomic E-state index is 0.0688. The summed E-state index contributed by atoms with van der Waals surface area (Å²) in [6.45, 7) is 3.48. The lowest BCUT2D eigenvalue weighted by molar-refractivity contribution is -0.384. The highest BCUT2D eigenvalue weighted by Gasteiger charge is 2.27. The minimum Gasteiger partial charge on any atom is -0.381 e. The lowest BCUT2D eigenvalue weighted by Gasteiger charge is -2.34. The number of hydrogen-bond acceptors (Lipinski definition) is 6. The van der Waals surface area contributed by atoms with Crippen LogP contribution < -0.4 is 11.1 Å². The number of hydrogen-bond donors (Lipinski definition) is 2. The molecule has 0 radical (unpaired) electrons. The first-order valence-electron chi connectivity index (χ1n) is 5.77. The Morgan fingerprint density at radius 1 is 1.50 bits per heavy atom. The second kappa shape index (κ2) is 4.77. The maximum absolute atomic E-state index is 10.6. The smallest absolute Gasteiger partial charge is 0.311 e. The Bertz CT molecular complexity index is 458. The second-order valence-electron chi connectivity index (χ2n) is 4.66. The largest absolute Gasteiger partial charge is 0.381 e. The molecule has 0 amide bonds. The van der Waals surface area contributed by atoms with Crippen LogP contribution in [0.5, 0.6) is 0 Å². The average Bonchev–Trinajstić information content (AvgIpc) is 2.28. The topological polar surface area (TPSA) is 103 Å². The van der Waals surface area contributed by atoms with Gasteiger partial charge in [-0.25, -0.2) is 4.98 Å². The van der Waals surface area contributed by atoms with Crippen molar-refractivity contribution in [1.82, 2.24) is 4.98 Å². The third-order valence-corrected chi connectivity index (χ3v) is 3.13. The van der Waals surface area contributed by atoms with Crippen molar-refractivity contribution >= 4 is 17.3 Å². The summed E-state index contributed by atoms with van der Waals surface area (Å²) in [7, 11) is 0. The number of nitrogens with one attached hydrogen (secondary N) is 1. The first-order valence-corrected chi connectivity index (χ1v) is 5.77. The molecule has 0 aliphatic carbocycles. The molecule has 7 nitrogen and oxygen atoms in total. The predicted octanol–water partition coefficient (Wildman–Crippen LogP) is 1.55. The minimum atomic E-state index is -0.539. The number of nitrogens with zero attached hydrogens (tertiary/aromatic N) is 2. The number of nitrogens with two attached hydrogens (primary N) is 1. The number of ether oxygens (including phenoxy) is 1. The summed E-state index contributed by atoms with van der Waals surface area (Å²) < 4.78 is 5.30. The lowest BCUT2D eigenvalue weighted by Crippen LogP contribution is -2.40. The summed E-state index contributed by atoms with van der Waals surface area (Å²) >= 11 is 0. The van der Waals surface area contributed by atoms with Crippen LogP contribution in [0.1, 0.15) is 19.8 Å². The molecule has 0 aromatic carbocycles. The predicted molar refractivity (Wildman–Crippen MR) is 67.4 cm³/mol. The van der Waals surface area contributed by atoms with Gasteiger partial charge in [-0.15, -0.1) is 0 Å². The van der Waals surface area contributed by atoms with Crippen LogP contribution in [0.2, 0.25) is 0 Å². The Morgan fingerprint density at radius 3 is 2.72 bits per heavy atom. The molecule has 1 saturated heterocycles. The molecule has 0 unspecified atom stereocenters. The van der Waals surface area contributed by atoms with Gasteiger partial charge in [0.15, 0.2) is 0 Å². The molecule has 0 spiro atoms. The first kappa shape index (κ1) is 12.6. The zero-order valence-electron chi connectivity index (χ0n) is 10.2. The van der Waals surface area contributed by atoms with Gasteiger partial charge in [0.2, 0.25) is 5.82 Å². The van der Waals surface area contributed by atoms with Crippen molar-refractivity contribution < 1.29 is 9.66 Å². The summed E-state index contributed by atoms with van der Waals surface area (Å²) in [5.41, 5.74) is 5.28. The van der Waals surface area contributed by atoms with Gasteiger partial charge in [-0.1, -0.05) is 0 Å². The van der Waals surface area contributed by atoms with E-state index in [9.17, 15) is 10.1 Å². The number of pyridine rings is 1. The van der Waals surface area contributed by atoms with Crippen LogP contribution in [0.15, 0.2) is 12.1 Å². The molecule has 2 heterocycles. The zero-order chi connectivity index (χ0) is 13.2. The van der Waals surface area contributed by atoms with Crippen molar-refractivity contribution in [2.45, 2.75) is 25.3 Å². The molecule has 2 rings (SSSR count). The lowest BCUT2D eigenvalue weighted by atomic mass is 9.92. The van der Waals surface area contributed by atoms with E-state index in [1.807, 2.05) is 0 Å². The molecular formula is C11H16N4O3. The van der Waals surface area contributed by atoms with Gasteiger partial charge >= 0.3 is 5.69 Å². The Balaban J connectivity index is 2.14. The van der Waals surface area contributed by atoms with Crippen LogP contribution >= 0.6 is 0 Å². The molecule has 3 N–H and O–H groups in total. The van der Waals surface area contributed by atoms with Crippen LogP contribution in [0.4, 0.5) is 17.3 Å². The summed E-state index contributed by atoms with van der Waals surface area (Å²) in [6.07, 6.45) is 1.73. The van der Waals surface area contributed by atoms with Crippen molar-refractivity contribution in [2.75, 3.05) is 24.3 Å². The number of anilines is 2. The van der Waals surface area contributed by atoms with E-state index in [4.69, 9.17) is 10.5 Å². The maximum Gasteiger partial charge on any atom is 0.311 e. The fourth-order valence-electron chi connectivity index (χ4n) is 1.95. The van der Waals surface area contributed by atoms with Crippen molar-refractivity contribution in [3.63, 3.8) is 0 Å². The average molecular weight is 252 g/mol. The molecule has 18 heavy (non-hydrogen) atoms. The molecule has 1 aliphatic rings. The monoisotopic (exact) mass is 252 g/mol. The third-order valence-electron chi connectivity index (χ3n) is 3.13. The summed E-state index contributed by atoms with van der Waals surface area (Å²) in [5, 5.41) is 13.9. The van der Waals surface area contributed by atoms with Crippen LogP contribution in [-0.2, 0) is 4.74 Å². The second-order valence-corrected chi connectivity index (χ2v) is 4.66. The molecule has 1 aromatic heterocycles. The SMILES string of the molecule is CC1(Nc2ccc([N+](=O)[O-])c(N)n2)CCOCC1. The van der Waals surface area contributed by atoms with Crippen LogP contribution in [0.3, 0.4) is 0 Å². The van der Waals surface area contributed by atoms with Gasteiger partial charge < -0.3 is 15.8 Å². The molecular weight excluding hydrogens is 236 g/mol. The Labute approximate surface area is 104 Å². The number of rotatable bonds is 3. The summed E-state index contributed by atoms with van der Waals surface area (Å²) in [5.74, 6) is 0.489. The van der Waals surface area contributed by atoms with E-state index in [-0.39, 0.29) is 17.0 Å². The van der Waals surface area contributed by atoms with Gasteiger partial charge in [-0.2, -0.15) is 0 Å². The van der Waals surface area contributed by atoms with Gasteiger partial charge in [0, 0.05) is 24.8 Å². The highest BCUT2D eigenvalue weighted by Crippen LogP contribution is 2.27. The number of nitro groups is 1. The van der Waals surface area contributed by atoms with Gasteiger partial charge in [-0.05, 0) is 25.8 Å². The summed E-state index contributed by atoms with van der Waals surface area (Å²) in [6, 6.07) is 2.95. The van der Waals surface area contributed by atoms with E-state index < -0.39 is 4.92 Å². The first-order chi connectivity index (χ1) is 8.50. The van der Waals surface area contributed by atoms with E-state index in [2.05, 4.69) is 17.2 Å². The van der Waals surface area contributed by atoms with Gasteiger partial charge in [-0.3, -0.25) is 10.1 Å². The fraction of sp³-hybridized carbons (Fsp3) is 0.545. The van der Waals surface area contributed by atoms with E-state index in [1.165, 1.54) is 6.07 Å². The van der Waals surface area contributed by atoms with E-state index >= 15 is 0 Å². The van der Waals surface area contributed by atoms with Gasteiger partial charge in [0.1, 0.15) is 5.82 Å². The van der Waals surface area contributed by atoms with Gasteiger partial charge in [0.05, 0.1) is 4.92 Å². The molecule has 0 atom stereocenters. The van der Waals surface area contributed by atoms with Crippen molar-refractivity contribution in [3.05, 3.63) is 22.2 Å². The molecule has 1 aromatic rings. The molecule has 98 valence electrons. The quantitative estimate of drug-likeness (QED) is 0.625. The Hall–Kier alpha value is -1.89. The van der Waals surface area contributed by atoms with Crippen LogP contribution in [0.25, 0.3) is 0 Å². The number of nitrogen functional groups attached to an aromatic ring is 1. The van der Waals surface area contributed by atoms with E-state index in [0.29, 0.717) is 19.0 Å². The zero-order valence-corrected chi connectivity index (χ0v) is 10.2. The highest BCUT2D eigenvalue weighted by molar-refractivity contribution is 5.57. The standard InChI is InChI=1S/C11H16N4O3/c1-11(4-6-18-7-5-11)14-9-3-2-8(15(16)17)10(12)13-9/h2-3H,4-7H2,1H3,(H3,12,13,14). The van der Waals surface area contributed by atoms with Crippen molar-refractivity contribution in [1.29, 1.82) is 0 Å². The molecule has 0 bridgehead atoms. The van der Waals surface area contributed by atoms with Crippen LogP contribution in [0, 0.1) is 10.1 Å². The molecule has 1 aliphatic heterocycles. The molecule has 0 saturated carbocycles. The van der Waals surface area contributed by atoms with E-state index in [1.54, 1.807) is 6.07 Å². The van der Waals surface area contributed by atoms with Crippen LogP contribution in [-0.4, -0.2) is 28.7 Å². The maximum atomic E-state index is 10.6. The Morgan fingerprint density at radius 2 is 2.17 bits per heavy atom. The highest BCUT2D eigenvalue weighted by atomic mass is 16.6. The normalized spacial score (nSPS) is 18.3. The van der Waals surface area contributed by atoms with Crippen molar-refractivity contribution in [3.8, 4) is 0 Å². The summed E-state index contributed by atoms with van der Waals surface area (Å²) in [4.78, 5) is 14.1. The Kier molecular flexibility index (Phi) is 3.33.